The van der Waals surface area contributed by atoms with Gasteiger partial charge >= 0.3 is 0 Å². The first kappa shape index (κ1) is 10.9. The number of hydrogen-bond acceptors (Lipinski definition) is 3. The molecular formula is C12H16N2O2. The fourth-order valence-electron chi connectivity index (χ4n) is 1.53. The van der Waals surface area contributed by atoms with Crippen LogP contribution in [-0.2, 0) is 6.42 Å². The van der Waals surface area contributed by atoms with Crippen molar-refractivity contribution < 1.29 is 9.53 Å². The third-order valence-corrected chi connectivity index (χ3v) is 2.58. The number of ether oxygens (including phenoxy) is 1. The first-order valence-electron chi connectivity index (χ1n) is 5.62. The van der Waals surface area contributed by atoms with Gasteiger partial charge in [-0.25, -0.2) is 0 Å². The number of nitrogens with one attached hydrogen (secondary N) is 1. The van der Waals surface area contributed by atoms with Gasteiger partial charge in [-0.15, -0.1) is 0 Å². The molecule has 4 nitrogen and oxygen atoms in total. The topological polar surface area (TPSA) is 51.2 Å². The highest BCUT2D eigenvalue weighted by Crippen LogP contribution is 2.27. The molecule has 1 aliphatic rings. The molecule has 0 saturated heterocycles. The maximum absolute atomic E-state index is 11.6. The molecule has 1 aliphatic carbocycles. The van der Waals surface area contributed by atoms with Gasteiger partial charge in [0.25, 0.3) is 5.91 Å². The summed E-state index contributed by atoms with van der Waals surface area (Å²) in [7, 11) is 1.62. The molecule has 0 atom stereocenters. The molecule has 1 N–H and O–H groups in total. The van der Waals surface area contributed by atoms with Crippen LogP contribution in [0.4, 0.5) is 0 Å². The van der Waals surface area contributed by atoms with Gasteiger partial charge < -0.3 is 10.1 Å². The lowest BCUT2D eigenvalue weighted by Gasteiger charge is -2.09. The van der Waals surface area contributed by atoms with Crippen LogP contribution in [0.2, 0.25) is 0 Å². The van der Waals surface area contributed by atoms with Crippen LogP contribution in [0.25, 0.3) is 0 Å². The normalized spacial score (nSPS) is 14.6. The molecule has 0 aromatic carbocycles. The van der Waals surface area contributed by atoms with Crippen LogP contribution in [0.1, 0.15) is 35.8 Å². The maximum Gasteiger partial charge on any atom is 0.253 e. The van der Waals surface area contributed by atoms with Crippen LogP contribution in [0, 0.1) is 0 Å². The largest absolute Gasteiger partial charge is 0.489 e. The van der Waals surface area contributed by atoms with Crippen LogP contribution in [-0.4, -0.2) is 24.0 Å². The van der Waals surface area contributed by atoms with Crippen molar-refractivity contribution in [2.75, 3.05) is 7.05 Å². The number of aromatic nitrogens is 1. The van der Waals surface area contributed by atoms with Gasteiger partial charge in [0.2, 0.25) is 0 Å². The summed E-state index contributed by atoms with van der Waals surface area (Å²) in [6, 6.07) is 1.78. The number of aryl methyl sites for hydroxylation is 1. The molecule has 1 aromatic rings. The van der Waals surface area contributed by atoms with E-state index >= 15 is 0 Å². The summed E-state index contributed by atoms with van der Waals surface area (Å²) in [5, 5.41) is 2.62. The van der Waals surface area contributed by atoms with Crippen molar-refractivity contribution in [3.8, 4) is 5.75 Å². The molecule has 1 heterocycles. The fourth-order valence-corrected chi connectivity index (χ4v) is 1.53. The maximum atomic E-state index is 11.6. The van der Waals surface area contributed by atoms with E-state index in [1.807, 2.05) is 6.92 Å². The van der Waals surface area contributed by atoms with E-state index in [1.165, 1.54) is 0 Å². The van der Waals surface area contributed by atoms with Crippen molar-refractivity contribution in [3.63, 3.8) is 0 Å². The number of carbonyl (C=O) groups is 1. The molecule has 1 aromatic heterocycles. The van der Waals surface area contributed by atoms with Gasteiger partial charge in [0.1, 0.15) is 5.75 Å². The molecular weight excluding hydrogens is 204 g/mol. The Morgan fingerprint density at radius 1 is 1.62 bits per heavy atom. The van der Waals surface area contributed by atoms with E-state index in [2.05, 4.69) is 10.3 Å². The van der Waals surface area contributed by atoms with Gasteiger partial charge in [0.05, 0.1) is 23.6 Å². The number of amides is 1. The summed E-state index contributed by atoms with van der Waals surface area (Å²) in [6.45, 7) is 1.98. The van der Waals surface area contributed by atoms with E-state index in [9.17, 15) is 4.79 Å². The Morgan fingerprint density at radius 3 is 2.94 bits per heavy atom. The van der Waals surface area contributed by atoms with E-state index in [1.54, 1.807) is 19.3 Å². The first-order chi connectivity index (χ1) is 7.74. The smallest absolute Gasteiger partial charge is 0.253 e. The first-order valence-corrected chi connectivity index (χ1v) is 5.62. The van der Waals surface area contributed by atoms with Gasteiger partial charge in [-0.2, -0.15) is 0 Å². The lowest BCUT2D eigenvalue weighted by molar-refractivity contribution is 0.0961. The van der Waals surface area contributed by atoms with Gasteiger partial charge in [0, 0.05) is 7.05 Å². The van der Waals surface area contributed by atoms with Crippen molar-refractivity contribution in [1.29, 1.82) is 0 Å². The number of nitrogens with zero attached hydrogens (tertiary/aromatic N) is 1. The van der Waals surface area contributed by atoms with Gasteiger partial charge in [-0.1, -0.05) is 6.92 Å². The van der Waals surface area contributed by atoms with E-state index < -0.39 is 0 Å². The third kappa shape index (κ3) is 2.32. The Bertz CT molecular complexity index is 400. The van der Waals surface area contributed by atoms with Crippen molar-refractivity contribution in [3.05, 3.63) is 23.5 Å². The Balaban J connectivity index is 2.25. The molecule has 0 aliphatic heterocycles. The predicted octanol–water partition coefficient (Wildman–Crippen LogP) is 1.54. The molecule has 0 unspecified atom stereocenters. The zero-order valence-corrected chi connectivity index (χ0v) is 9.62. The minimum Gasteiger partial charge on any atom is -0.489 e. The van der Waals surface area contributed by atoms with E-state index in [-0.39, 0.29) is 5.91 Å². The highest BCUT2D eigenvalue weighted by Gasteiger charge is 2.24. The Morgan fingerprint density at radius 2 is 2.38 bits per heavy atom. The average molecular weight is 220 g/mol. The summed E-state index contributed by atoms with van der Waals surface area (Å²) in [5.41, 5.74) is 1.42. The number of carbonyl (C=O) groups excluding carboxylic acids is 1. The van der Waals surface area contributed by atoms with Crippen molar-refractivity contribution in [2.45, 2.75) is 32.3 Å². The molecule has 86 valence electrons. The summed E-state index contributed by atoms with van der Waals surface area (Å²) >= 11 is 0. The monoisotopic (exact) mass is 220 g/mol. The van der Waals surface area contributed by atoms with E-state index in [0.29, 0.717) is 17.4 Å². The molecule has 1 fully saturated rings. The second kappa shape index (κ2) is 4.51. The molecule has 2 rings (SSSR count). The van der Waals surface area contributed by atoms with E-state index in [0.717, 1.165) is 25.0 Å². The average Bonchev–Trinajstić information content (AvgIpc) is 3.12. The minimum atomic E-state index is -0.106. The minimum absolute atomic E-state index is 0.106. The zero-order valence-electron chi connectivity index (χ0n) is 9.62. The standard InChI is InChI=1S/C12H16N2O2/c1-3-11-10(12(15)13-2)6-9(7-14-11)16-8-4-5-8/h6-8H,3-5H2,1-2H3,(H,13,15). The van der Waals surface area contributed by atoms with Crippen molar-refractivity contribution in [2.24, 2.45) is 0 Å². The number of rotatable bonds is 4. The summed E-state index contributed by atoms with van der Waals surface area (Å²) in [6.07, 6.45) is 4.97. The molecule has 1 saturated carbocycles. The third-order valence-electron chi connectivity index (χ3n) is 2.58. The van der Waals surface area contributed by atoms with Gasteiger partial charge in [-0.3, -0.25) is 9.78 Å². The van der Waals surface area contributed by atoms with Crippen LogP contribution < -0.4 is 10.1 Å². The summed E-state index contributed by atoms with van der Waals surface area (Å²) < 4.78 is 5.62. The van der Waals surface area contributed by atoms with Gasteiger partial charge in [-0.05, 0) is 25.3 Å². The molecule has 0 spiro atoms. The van der Waals surface area contributed by atoms with Gasteiger partial charge in [0.15, 0.2) is 0 Å². The lowest BCUT2D eigenvalue weighted by atomic mass is 10.1. The molecule has 16 heavy (non-hydrogen) atoms. The SMILES string of the molecule is CCc1ncc(OC2CC2)cc1C(=O)NC. The fraction of sp³-hybridized carbons (Fsp3) is 0.500. The molecule has 0 radical (unpaired) electrons. The predicted molar refractivity (Wildman–Crippen MR) is 60.7 cm³/mol. The Hall–Kier alpha value is -1.58. The van der Waals surface area contributed by atoms with Crippen LogP contribution >= 0.6 is 0 Å². The highest BCUT2D eigenvalue weighted by molar-refractivity contribution is 5.95. The van der Waals surface area contributed by atoms with Crippen LogP contribution in [0.5, 0.6) is 5.75 Å². The summed E-state index contributed by atoms with van der Waals surface area (Å²) in [5.74, 6) is 0.587. The van der Waals surface area contributed by atoms with Crippen molar-refractivity contribution >= 4 is 5.91 Å². The summed E-state index contributed by atoms with van der Waals surface area (Å²) in [4.78, 5) is 15.9. The molecule has 1 amide bonds. The molecule has 4 heteroatoms. The van der Waals surface area contributed by atoms with Crippen LogP contribution in [0.3, 0.4) is 0 Å². The second-order valence-electron chi connectivity index (χ2n) is 3.92. The zero-order chi connectivity index (χ0) is 11.5. The van der Waals surface area contributed by atoms with Crippen molar-refractivity contribution in [1.82, 2.24) is 10.3 Å². The lowest BCUT2D eigenvalue weighted by Crippen LogP contribution is -2.20. The number of hydrogen-bond donors (Lipinski definition) is 1. The highest BCUT2D eigenvalue weighted by atomic mass is 16.5. The Kier molecular flexibility index (Phi) is 3.08. The Labute approximate surface area is 95.0 Å². The van der Waals surface area contributed by atoms with Crippen LogP contribution in [0.15, 0.2) is 12.3 Å². The quantitative estimate of drug-likeness (QED) is 0.837. The van der Waals surface area contributed by atoms with E-state index in [4.69, 9.17) is 4.74 Å². The molecule has 0 bridgehead atoms. The second-order valence-corrected chi connectivity index (χ2v) is 3.92. The number of pyridine rings is 1.